The van der Waals surface area contributed by atoms with Crippen LogP contribution in [0.4, 0.5) is 0 Å². The summed E-state index contributed by atoms with van der Waals surface area (Å²) in [6, 6.07) is 0. The number of nitrogens with zero attached hydrogens (tertiary/aromatic N) is 2. The zero-order valence-electron chi connectivity index (χ0n) is 8.95. The maximum atomic E-state index is 5.31. The Balaban J connectivity index is 1.52. The van der Waals surface area contributed by atoms with Gasteiger partial charge < -0.3 is 9.64 Å². The Bertz CT molecular complexity index is 151. The van der Waals surface area contributed by atoms with Crippen LogP contribution >= 0.6 is 0 Å². The molecule has 0 saturated carbocycles. The van der Waals surface area contributed by atoms with Crippen LogP contribution in [0.15, 0.2) is 0 Å². The average Bonchev–Trinajstić information content (AvgIpc) is 2.72. The second-order valence-electron chi connectivity index (χ2n) is 4.17. The van der Waals surface area contributed by atoms with Crippen LogP contribution in [-0.4, -0.2) is 55.7 Å². The fraction of sp³-hybridized carbons (Fsp3) is 0.909. The van der Waals surface area contributed by atoms with Crippen molar-refractivity contribution < 1.29 is 4.74 Å². The highest BCUT2D eigenvalue weighted by molar-refractivity contribution is 4.74. The normalized spacial score (nSPS) is 25.7. The first-order valence-corrected chi connectivity index (χ1v) is 5.82. The lowest BCUT2D eigenvalue weighted by atomic mass is 10.3. The standard InChI is InChI=1S/C11H21N2O/c1-2-5-12(4-1)6-3-7-13-8-10-14-11-9-13/h7H,1-6,8-11H2. The van der Waals surface area contributed by atoms with E-state index in [1.807, 2.05) is 0 Å². The first-order valence-electron chi connectivity index (χ1n) is 5.82. The summed E-state index contributed by atoms with van der Waals surface area (Å²) in [4.78, 5) is 4.97. The molecule has 2 saturated heterocycles. The molecule has 0 aliphatic carbocycles. The highest BCUT2D eigenvalue weighted by Gasteiger charge is 2.13. The number of hydrogen-bond acceptors (Lipinski definition) is 3. The number of likely N-dealkylation sites (tertiary alicyclic amines) is 1. The van der Waals surface area contributed by atoms with Gasteiger partial charge in [0.15, 0.2) is 0 Å². The third-order valence-electron chi connectivity index (χ3n) is 3.08. The molecule has 0 aromatic rings. The first-order chi connectivity index (χ1) is 6.95. The molecule has 3 nitrogen and oxygen atoms in total. The van der Waals surface area contributed by atoms with Crippen LogP contribution in [0.3, 0.4) is 0 Å². The Morgan fingerprint density at radius 2 is 1.71 bits per heavy atom. The molecule has 81 valence electrons. The van der Waals surface area contributed by atoms with E-state index in [0.29, 0.717) is 0 Å². The lowest BCUT2D eigenvalue weighted by Gasteiger charge is -2.26. The van der Waals surface area contributed by atoms with E-state index >= 15 is 0 Å². The summed E-state index contributed by atoms with van der Waals surface area (Å²) in [5, 5.41) is 0. The fourth-order valence-electron chi connectivity index (χ4n) is 2.19. The molecule has 0 spiro atoms. The van der Waals surface area contributed by atoms with Crippen LogP contribution in [-0.2, 0) is 4.74 Å². The Hall–Kier alpha value is -0.120. The molecule has 0 bridgehead atoms. The molecule has 2 heterocycles. The lowest BCUT2D eigenvalue weighted by molar-refractivity contribution is 0.0493. The minimum absolute atomic E-state index is 0.903. The quantitative estimate of drug-likeness (QED) is 0.668. The monoisotopic (exact) mass is 197 g/mol. The highest BCUT2D eigenvalue weighted by atomic mass is 16.5. The van der Waals surface area contributed by atoms with E-state index in [1.54, 1.807) is 0 Å². The SMILES string of the molecule is [CH](CCN1CCCC1)N1CCOCC1. The van der Waals surface area contributed by atoms with Gasteiger partial charge in [0, 0.05) is 19.6 Å². The molecule has 1 radical (unpaired) electrons. The Labute approximate surface area is 87.0 Å². The van der Waals surface area contributed by atoms with Gasteiger partial charge >= 0.3 is 0 Å². The van der Waals surface area contributed by atoms with Crippen molar-refractivity contribution in [2.24, 2.45) is 0 Å². The van der Waals surface area contributed by atoms with Crippen molar-refractivity contribution >= 4 is 0 Å². The molecule has 0 aromatic heterocycles. The van der Waals surface area contributed by atoms with E-state index in [2.05, 4.69) is 16.3 Å². The molecule has 0 atom stereocenters. The van der Waals surface area contributed by atoms with Gasteiger partial charge in [-0.15, -0.1) is 0 Å². The lowest BCUT2D eigenvalue weighted by Crippen LogP contribution is -2.35. The largest absolute Gasteiger partial charge is 0.379 e. The fourth-order valence-corrected chi connectivity index (χ4v) is 2.19. The molecule has 3 heteroatoms. The number of rotatable bonds is 4. The van der Waals surface area contributed by atoms with Gasteiger partial charge in [-0.2, -0.15) is 0 Å². The highest BCUT2D eigenvalue weighted by Crippen LogP contribution is 2.09. The molecule has 0 N–H and O–H groups in total. The first kappa shape index (κ1) is 10.4. The van der Waals surface area contributed by atoms with Gasteiger partial charge in [-0.3, -0.25) is 4.90 Å². The van der Waals surface area contributed by atoms with Crippen molar-refractivity contribution in [1.82, 2.24) is 9.80 Å². The molecule has 0 amide bonds. The third kappa shape index (κ3) is 3.23. The molecule has 14 heavy (non-hydrogen) atoms. The van der Waals surface area contributed by atoms with Crippen molar-refractivity contribution in [3.8, 4) is 0 Å². The minimum atomic E-state index is 0.903. The Morgan fingerprint density at radius 3 is 2.43 bits per heavy atom. The van der Waals surface area contributed by atoms with Crippen LogP contribution in [0.2, 0.25) is 0 Å². The molecule has 2 aliphatic rings. The summed E-state index contributed by atoms with van der Waals surface area (Å²) < 4.78 is 5.31. The van der Waals surface area contributed by atoms with E-state index < -0.39 is 0 Å². The van der Waals surface area contributed by atoms with E-state index in [1.165, 1.54) is 38.9 Å². The molecular formula is C11H21N2O. The minimum Gasteiger partial charge on any atom is -0.379 e. The molecule has 2 aliphatic heterocycles. The molecule has 2 fully saturated rings. The topological polar surface area (TPSA) is 15.7 Å². The van der Waals surface area contributed by atoms with Crippen LogP contribution in [0.5, 0.6) is 0 Å². The molecular weight excluding hydrogens is 176 g/mol. The summed E-state index contributed by atoms with van der Waals surface area (Å²) in [6.45, 7) is 10.2. The number of morpholine rings is 1. The van der Waals surface area contributed by atoms with Crippen LogP contribution in [0, 0.1) is 6.54 Å². The van der Waals surface area contributed by atoms with E-state index in [0.717, 1.165) is 26.3 Å². The van der Waals surface area contributed by atoms with Gasteiger partial charge in [-0.1, -0.05) is 0 Å². The zero-order chi connectivity index (χ0) is 9.64. The van der Waals surface area contributed by atoms with Gasteiger partial charge in [0.2, 0.25) is 0 Å². The summed E-state index contributed by atoms with van der Waals surface area (Å²) in [7, 11) is 0. The van der Waals surface area contributed by atoms with Crippen molar-refractivity contribution in [2.75, 3.05) is 45.9 Å². The second kappa shape index (κ2) is 5.69. The average molecular weight is 197 g/mol. The van der Waals surface area contributed by atoms with Gasteiger partial charge in [-0.25, -0.2) is 0 Å². The summed E-state index contributed by atoms with van der Waals surface area (Å²) in [5.41, 5.74) is 0. The van der Waals surface area contributed by atoms with E-state index in [4.69, 9.17) is 4.74 Å². The Kier molecular flexibility index (Phi) is 4.22. The van der Waals surface area contributed by atoms with Crippen LogP contribution in [0.1, 0.15) is 19.3 Å². The summed E-state index contributed by atoms with van der Waals surface area (Å²) in [6.07, 6.45) is 4.01. The molecule has 0 aromatic carbocycles. The molecule has 2 rings (SSSR count). The maximum absolute atomic E-state index is 5.31. The number of ether oxygens (including phenoxy) is 1. The predicted octanol–water partition coefficient (Wildman–Crippen LogP) is 0.966. The Morgan fingerprint density at radius 1 is 1.00 bits per heavy atom. The van der Waals surface area contributed by atoms with Gasteiger partial charge in [0.25, 0.3) is 0 Å². The van der Waals surface area contributed by atoms with E-state index in [-0.39, 0.29) is 0 Å². The smallest absolute Gasteiger partial charge is 0.0594 e. The van der Waals surface area contributed by atoms with Gasteiger partial charge in [0.1, 0.15) is 0 Å². The predicted molar refractivity (Wildman–Crippen MR) is 57.0 cm³/mol. The molecule has 0 unspecified atom stereocenters. The van der Waals surface area contributed by atoms with Crippen LogP contribution < -0.4 is 0 Å². The van der Waals surface area contributed by atoms with Crippen molar-refractivity contribution in [3.05, 3.63) is 6.54 Å². The maximum Gasteiger partial charge on any atom is 0.0594 e. The third-order valence-corrected chi connectivity index (χ3v) is 3.08. The van der Waals surface area contributed by atoms with Crippen LogP contribution in [0.25, 0.3) is 0 Å². The van der Waals surface area contributed by atoms with Crippen molar-refractivity contribution in [3.63, 3.8) is 0 Å². The van der Waals surface area contributed by atoms with Gasteiger partial charge in [-0.05, 0) is 38.9 Å². The summed E-state index contributed by atoms with van der Waals surface area (Å²) >= 11 is 0. The van der Waals surface area contributed by atoms with Crippen molar-refractivity contribution in [2.45, 2.75) is 19.3 Å². The summed E-state index contributed by atoms with van der Waals surface area (Å²) in [5.74, 6) is 0. The second-order valence-corrected chi connectivity index (χ2v) is 4.17. The number of hydrogen-bond donors (Lipinski definition) is 0. The van der Waals surface area contributed by atoms with E-state index in [9.17, 15) is 0 Å². The van der Waals surface area contributed by atoms with Gasteiger partial charge in [0.05, 0.1) is 13.2 Å². The van der Waals surface area contributed by atoms with Crippen molar-refractivity contribution in [1.29, 1.82) is 0 Å². The zero-order valence-corrected chi connectivity index (χ0v) is 8.95.